The van der Waals surface area contributed by atoms with E-state index in [1.54, 1.807) is 0 Å². The highest BCUT2D eigenvalue weighted by Crippen LogP contribution is 2.23. The fourth-order valence-electron chi connectivity index (χ4n) is 2.32. The van der Waals surface area contributed by atoms with Gasteiger partial charge in [0.15, 0.2) is 0 Å². The molecule has 0 aromatic carbocycles. The summed E-state index contributed by atoms with van der Waals surface area (Å²) >= 11 is 0. The van der Waals surface area contributed by atoms with Crippen molar-refractivity contribution in [3.63, 3.8) is 0 Å². The number of hydrogen-bond donors (Lipinski definition) is 0. The summed E-state index contributed by atoms with van der Waals surface area (Å²) in [4.78, 5) is 0. The molecule has 2 atom stereocenters. The Kier molecular flexibility index (Phi) is 3.62. The molecule has 0 bridgehead atoms. The first kappa shape index (κ1) is 9.47. The molecule has 2 rings (SSSR count). The summed E-state index contributed by atoms with van der Waals surface area (Å²) in [6, 6.07) is 0. The quantitative estimate of drug-likeness (QED) is 0.667. The summed E-state index contributed by atoms with van der Waals surface area (Å²) in [6.07, 6.45) is 6.71. The minimum Gasteiger partial charge on any atom is -0.381 e. The van der Waals surface area contributed by atoms with Gasteiger partial charge in [-0.1, -0.05) is 6.42 Å². The number of ether oxygens (including phenoxy) is 2. The normalized spacial score (nSPS) is 34.2. The topological polar surface area (TPSA) is 18.5 Å². The van der Waals surface area contributed by atoms with E-state index in [2.05, 4.69) is 0 Å². The zero-order valence-electron chi connectivity index (χ0n) is 8.34. The molecule has 0 aromatic heterocycles. The van der Waals surface area contributed by atoms with Crippen LogP contribution in [0.2, 0.25) is 0 Å². The van der Waals surface area contributed by atoms with E-state index in [1.165, 1.54) is 32.1 Å². The van der Waals surface area contributed by atoms with Crippen molar-refractivity contribution in [1.82, 2.24) is 0 Å². The predicted octanol–water partition coefficient (Wildman–Crippen LogP) is 2.23. The Bertz CT molecular complexity index is 119. The summed E-state index contributed by atoms with van der Waals surface area (Å²) in [5.41, 5.74) is 0. The SMILES string of the molecule is C(CC1CCOC1)CC1CCOC1. The van der Waals surface area contributed by atoms with Gasteiger partial charge in [-0.3, -0.25) is 0 Å². The lowest BCUT2D eigenvalue weighted by molar-refractivity contribution is 0.178. The van der Waals surface area contributed by atoms with Crippen LogP contribution in [0.5, 0.6) is 0 Å². The van der Waals surface area contributed by atoms with E-state index in [1.807, 2.05) is 0 Å². The Morgan fingerprint density at radius 2 is 1.38 bits per heavy atom. The van der Waals surface area contributed by atoms with Crippen LogP contribution in [0.3, 0.4) is 0 Å². The first-order chi connectivity index (χ1) is 6.45. The molecule has 0 N–H and O–H groups in total. The van der Waals surface area contributed by atoms with Crippen LogP contribution >= 0.6 is 0 Å². The van der Waals surface area contributed by atoms with Crippen molar-refractivity contribution in [1.29, 1.82) is 0 Å². The fourth-order valence-corrected chi connectivity index (χ4v) is 2.32. The van der Waals surface area contributed by atoms with E-state index in [9.17, 15) is 0 Å². The third kappa shape index (κ3) is 2.96. The van der Waals surface area contributed by atoms with Crippen molar-refractivity contribution in [3.05, 3.63) is 0 Å². The second kappa shape index (κ2) is 4.97. The first-order valence-electron chi connectivity index (χ1n) is 5.60. The van der Waals surface area contributed by atoms with Crippen LogP contribution in [-0.2, 0) is 9.47 Å². The van der Waals surface area contributed by atoms with Gasteiger partial charge in [0.05, 0.1) is 0 Å². The third-order valence-corrected chi connectivity index (χ3v) is 3.27. The molecule has 0 aromatic rings. The Morgan fingerprint density at radius 3 is 1.77 bits per heavy atom. The van der Waals surface area contributed by atoms with Crippen molar-refractivity contribution in [2.45, 2.75) is 32.1 Å². The van der Waals surface area contributed by atoms with Gasteiger partial charge in [0.2, 0.25) is 0 Å². The summed E-state index contributed by atoms with van der Waals surface area (Å²) in [5.74, 6) is 1.73. The third-order valence-electron chi connectivity index (χ3n) is 3.27. The number of hydrogen-bond acceptors (Lipinski definition) is 2. The molecule has 2 nitrogen and oxygen atoms in total. The minimum atomic E-state index is 0.863. The summed E-state index contributed by atoms with van der Waals surface area (Å²) < 4.78 is 10.7. The van der Waals surface area contributed by atoms with Crippen LogP contribution in [-0.4, -0.2) is 26.4 Å². The molecule has 76 valence electrons. The molecule has 2 heterocycles. The molecule has 2 heteroatoms. The predicted molar refractivity (Wildman–Crippen MR) is 51.7 cm³/mol. The lowest BCUT2D eigenvalue weighted by Crippen LogP contribution is -2.03. The highest BCUT2D eigenvalue weighted by molar-refractivity contribution is 4.68. The lowest BCUT2D eigenvalue weighted by Gasteiger charge is -2.09. The van der Waals surface area contributed by atoms with Gasteiger partial charge in [-0.25, -0.2) is 0 Å². The van der Waals surface area contributed by atoms with E-state index in [0.717, 1.165) is 38.3 Å². The molecule has 0 saturated carbocycles. The molecule has 2 unspecified atom stereocenters. The van der Waals surface area contributed by atoms with Crippen LogP contribution in [0.15, 0.2) is 0 Å². The van der Waals surface area contributed by atoms with Crippen LogP contribution in [0.1, 0.15) is 32.1 Å². The molecule has 0 amide bonds. The highest BCUT2D eigenvalue weighted by Gasteiger charge is 2.18. The van der Waals surface area contributed by atoms with Gasteiger partial charge >= 0.3 is 0 Å². The van der Waals surface area contributed by atoms with Crippen LogP contribution in [0.25, 0.3) is 0 Å². The molecular weight excluding hydrogens is 164 g/mol. The Hall–Kier alpha value is -0.0800. The molecule has 2 saturated heterocycles. The van der Waals surface area contributed by atoms with Crippen LogP contribution in [0, 0.1) is 11.8 Å². The maximum absolute atomic E-state index is 5.35. The van der Waals surface area contributed by atoms with Gasteiger partial charge in [0.1, 0.15) is 0 Å². The average Bonchev–Trinajstić information content (AvgIpc) is 2.75. The molecular formula is C11H20O2. The van der Waals surface area contributed by atoms with Crippen LogP contribution < -0.4 is 0 Å². The molecule has 13 heavy (non-hydrogen) atoms. The second-order valence-electron chi connectivity index (χ2n) is 4.39. The summed E-state index contributed by atoms with van der Waals surface area (Å²) in [7, 11) is 0. The maximum atomic E-state index is 5.35. The van der Waals surface area contributed by atoms with Crippen molar-refractivity contribution in [2.24, 2.45) is 11.8 Å². The maximum Gasteiger partial charge on any atom is 0.0495 e. The van der Waals surface area contributed by atoms with E-state index in [4.69, 9.17) is 9.47 Å². The van der Waals surface area contributed by atoms with Crippen molar-refractivity contribution in [3.8, 4) is 0 Å². The smallest absolute Gasteiger partial charge is 0.0495 e. The summed E-state index contributed by atoms with van der Waals surface area (Å²) in [5, 5.41) is 0. The van der Waals surface area contributed by atoms with Crippen molar-refractivity contribution < 1.29 is 9.47 Å². The van der Waals surface area contributed by atoms with E-state index >= 15 is 0 Å². The zero-order valence-corrected chi connectivity index (χ0v) is 8.34. The average molecular weight is 184 g/mol. The van der Waals surface area contributed by atoms with Crippen molar-refractivity contribution in [2.75, 3.05) is 26.4 Å². The molecule has 2 fully saturated rings. The molecule has 0 aliphatic carbocycles. The van der Waals surface area contributed by atoms with Gasteiger partial charge in [0.25, 0.3) is 0 Å². The van der Waals surface area contributed by atoms with Gasteiger partial charge in [-0.05, 0) is 37.5 Å². The van der Waals surface area contributed by atoms with Gasteiger partial charge in [-0.2, -0.15) is 0 Å². The van der Waals surface area contributed by atoms with E-state index < -0.39 is 0 Å². The summed E-state index contributed by atoms with van der Waals surface area (Å²) in [6.45, 7) is 4.02. The van der Waals surface area contributed by atoms with E-state index in [-0.39, 0.29) is 0 Å². The van der Waals surface area contributed by atoms with Gasteiger partial charge in [-0.15, -0.1) is 0 Å². The Morgan fingerprint density at radius 1 is 0.846 bits per heavy atom. The molecule has 2 aliphatic rings. The monoisotopic (exact) mass is 184 g/mol. The lowest BCUT2D eigenvalue weighted by atomic mass is 9.96. The highest BCUT2D eigenvalue weighted by atomic mass is 16.5. The second-order valence-corrected chi connectivity index (χ2v) is 4.39. The van der Waals surface area contributed by atoms with Gasteiger partial charge in [0, 0.05) is 26.4 Å². The number of rotatable bonds is 4. The minimum absolute atomic E-state index is 0.863. The van der Waals surface area contributed by atoms with Crippen molar-refractivity contribution >= 4 is 0 Å². The molecule has 2 aliphatic heterocycles. The first-order valence-corrected chi connectivity index (χ1v) is 5.60. The molecule has 0 radical (unpaired) electrons. The molecule has 0 spiro atoms. The largest absolute Gasteiger partial charge is 0.381 e. The van der Waals surface area contributed by atoms with Gasteiger partial charge < -0.3 is 9.47 Å². The standard InChI is InChI=1S/C11H20O2/c1(2-10-4-6-12-8-10)3-11-5-7-13-9-11/h10-11H,1-9H2. The zero-order chi connectivity index (χ0) is 8.93. The Balaban J connectivity index is 1.52. The fraction of sp³-hybridized carbons (Fsp3) is 1.00. The van der Waals surface area contributed by atoms with Crippen LogP contribution in [0.4, 0.5) is 0 Å². The Labute approximate surface area is 80.6 Å². The van der Waals surface area contributed by atoms with E-state index in [0.29, 0.717) is 0 Å².